The maximum Gasteiger partial charge on any atom is 0.272 e. The lowest BCUT2D eigenvalue weighted by molar-refractivity contribution is -0.115. The number of pyridine rings is 1. The van der Waals surface area contributed by atoms with Crippen LogP contribution in [0.1, 0.15) is 29.8 Å². The Morgan fingerprint density at radius 3 is 2.34 bits per heavy atom. The number of aromatic nitrogens is 1. The highest BCUT2D eigenvalue weighted by molar-refractivity contribution is 8.00. The molecule has 0 fully saturated rings. The summed E-state index contributed by atoms with van der Waals surface area (Å²) in [5.74, 6) is -0.422. The van der Waals surface area contributed by atoms with Crippen LogP contribution in [0.15, 0.2) is 114 Å². The number of thioether (sulfide) groups is 1. The quantitative estimate of drug-likeness (QED) is 0.152. The highest BCUT2D eigenvalue weighted by Gasteiger charge is 2.18. The van der Waals surface area contributed by atoms with Gasteiger partial charge in [0.25, 0.3) is 11.8 Å². The van der Waals surface area contributed by atoms with Gasteiger partial charge < -0.3 is 20.7 Å². The normalized spacial score (nSPS) is 11.7. The lowest BCUT2D eigenvalue weighted by atomic mass is 10.2. The summed E-state index contributed by atoms with van der Waals surface area (Å²) in [4.78, 5) is 43.7. The number of nitrogens with zero attached hydrogens (tertiary/aromatic N) is 1. The third kappa shape index (κ3) is 8.55. The van der Waals surface area contributed by atoms with E-state index in [9.17, 15) is 14.4 Å². The van der Waals surface area contributed by atoms with Gasteiger partial charge in [-0.25, -0.2) is 0 Å². The number of benzene rings is 3. The van der Waals surface area contributed by atoms with E-state index in [1.165, 1.54) is 11.8 Å². The molecular weight excluding hydrogens is 536 g/mol. The average molecular weight is 567 g/mol. The zero-order chi connectivity index (χ0) is 29.0. The van der Waals surface area contributed by atoms with Crippen LogP contribution in [0, 0.1) is 0 Å². The van der Waals surface area contributed by atoms with Gasteiger partial charge in [-0.15, -0.1) is 11.8 Å². The van der Waals surface area contributed by atoms with Crippen LogP contribution < -0.4 is 20.7 Å². The first kappa shape index (κ1) is 29.1. The molecule has 0 radical (unpaired) electrons. The second-order valence-corrected chi connectivity index (χ2v) is 10.2. The number of nitrogens with one attached hydrogen (secondary N) is 3. The molecule has 0 spiro atoms. The van der Waals surface area contributed by atoms with Crippen molar-refractivity contribution < 1.29 is 19.1 Å². The predicted molar refractivity (Wildman–Crippen MR) is 163 cm³/mol. The van der Waals surface area contributed by atoms with Crippen LogP contribution in [0.25, 0.3) is 6.08 Å². The summed E-state index contributed by atoms with van der Waals surface area (Å²) in [6.45, 7) is 4.21. The van der Waals surface area contributed by atoms with E-state index in [4.69, 9.17) is 4.74 Å². The van der Waals surface area contributed by atoms with Crippen LogP contribution in [-0.4, -0.2) is 34.6 Å². The minimum absolute atomic E-state index is 0.0722. The third-order valence-electron chi connectivity index (χ3n) is 5.76. The number of carbonyl (C=O) groups excluding carboxylic acids is 3. The number of ether oxygens (including phenoxy) is 1. The predicted octanol–water partition coefficient (Wildman–Crippen LogP) is 6.01. The smallest absolute Gasteiger partial charge is 0.272 e. The molecule has 208 valence electrons. The van der Waals surface area contributed by atoms with Gasteiger partial charge in [0.1, 0.15) is 11.4 Å². The number of para-hydroxylation sites is 2. The van der Waals surface area contributed by atoms with E-state index in [2.05, 4.69) is 20.9 Å². The van der Waals surface area contributed by atoms with Crippen LogP contribution in [0.3, 0.4) is 0 Å². The van der Waals surface area contributed by atoms with Crippen molar-refractivity contribution in [2.45, 2.75) is 24.0 Å². The molecule has 0 saturated heterocycles. The number of hydrogen-bond acceptors (Lipinski definition) is 6. The average Bonchev–Trinajstić information content (AvgIpc) is 2.99. The first-order valence-corrected chi connectivity index (χ1v) is 13.9. The molecule has 0 bridgehead atoms. The lowest BCUT2D eigenvalue weighted by Crippen LogP contribution is -2.30. The minimum atomic E-state index is -0.487. The van der Waals surface area contributed by atoms with Gasteiger partial charge >= 0.3 is 0 Å². The molecule has 0 saturated carbocycles. The second kappa shape index (κ2) is 14.5. The molecule has 8 nitrogen and oxygen atoms in total. The standard InChI is InChI=1S/C32H30N4O4S/c1-3-40-29-14-8-7-13-27(29)35-30(37)22(2)41-26-17-15-25(16-18-26)34-32(39)28(20-23-10-9-19-33-21-23)36-31(38)24-11-5-4-6-12-24/h4-22H,3H2,1-2H3,(H,34,39)(H,35,37)(H,36,38)/b28-20-. The van der Waals surface area contributed by atoms with Gasteiger partial charge in [-0.05, 0) is 80.1 Å². The van der Waals surface area contributed by atoms with E-state index in [0.29, 0.717) is 34.9 Å². The Kier molecular flexibility index (Phi) is 10.3. The molecule has 4 aromatic rings. The number of amides is 3. The van der Waals surface area contributed by atoms with E-state index in [1.54, 1.807) is 73.1 Å². The number of carbonyl (C=O) groups is 3. The first-order valence-electron chi connectivity index (χ1n) is 13.0. The topological polar surface area (TPSA) is 109 Å². The SMILES string of the molecule is CCOc1ccccc1NC(=O)C(C)Sc1ccc(NC(=O)/C(=C/c2cccnc2)NC(=O)c2ccccc2)cc1. The molecule has 0 aliphatic heterocycles. The summed E-state index contributed by atoms with van der Waals surface area (Å²) in [5.41, 5.74) is 2.32. The monoisotopic (exact) mass is 566 g/mol. The molecule has 1 atom stereocenters. The number of anilines is 2. The molecule has 3 N–H and O–H groups in total. The summed E-state index contributed by atoms with van der Waals surface area (Å²) in [7, 11) is 0. The molecule has 4 rings (SSSR count). The summed E-state index contributed by atoms with van der Waals surface area (Å²) in [5, 5.41) is 8.08. The highest BCUT2D eigenvalue weighted by Crippen LogP contribution is 2.28. The molecule has 3 aromatic carbocycles. The van der Waals surface area contributed by atoms with Crippen LogP contribution in [0.5, 0.6) is 5.75 Å². The first-order chi connectivity index (χ1) is 19.9. The Morgan fingerprint density at radius 1 is 0.902 bits per heavy atom. The zero-order valence-electron chi connectivity index (χ0n) is 22.7. The second-order valence-electron chi connectivity index (χ2n) is 8.82. The van der Waals surface area contributed by atoms with Crippen LogP contribution >= 0.6 is 11.8 Å². The molecule has 1 aromatic heterocycles. The zero-order valence-corrected chi connectivity index (χ0v) is 23.5. The molecule has 0 aliphatic rings. The van der Waals surface area contributed by atoms with Gasteiger partial charge in [-0.3, -0.25) is 19.4 Å². The maximum absolute atomic E-state index is 13.2. The molecule has 1 unspecified atom stereocenters. The number of hydrogen-bond donors (Lipinski definition) is 3. The van der Waals surface area contributed by atoms with Crippen molar-refractivity contribution >= 4 is 46.9 Å². The summed E-state index contributed by atoms with van der Waals surface area (Å²) < 4.78 is 5.59. The molecule has 9 heteroatoms. The van der Waals surface area contributed by atoms with Crippen molar-refractivity contribution in [1.29, 1.82) is 0 Å². The summed E-state index contributed by atoms with van der Waals surface area (Å²) in [6.07, 6.45) is 4.79. The van der Waals surface area contributed by atoms with Crippen molar-refractivity contribution in [2.75, 3.05) is 17.2 Å². The van der Waals surface area contributed by atoms with Gasteiger partial charge in [0, 0.05) is 28.5 Å². The molecule has 3 amide bonds. The van der Waals surface area contributed by atoms with Crippen molar-refractivity contribution in [3.63, 3.8) is 0 Å². The largest absolute Gasteiger partial charge is 0.492 e. The fourth-order valence-corrected chi connectivity index (χ4v) is 4.60. The Labute approximate surface area is 243 Å². The van der Waals surface area contributed by atoms with Crippen molar-refractivity contribution in [2.24, 2.45) is 0 Å². The summed E-state index contributed by atoms with van der Waals surface area (Å²) >= 11 is 1.39. The van der Waals surface area contributed by atoms with Gasteiger partial charge in [0.15, 0.2) is 0 Å². The Morgan fingerprint density at radius 2 is 1.63 bits per heavy atom. The van der Waals surface area contributed by atoms with E-state index < -0.39 is 11.8 Å². The van der Waals surface area contributed by atoms with Crippen molar-refractivity contribution in [3.8, 4) is 5.75 Å². The Hall–Kier alpha value is -4.89. The van der Waals surface area contributed by atoms with Gasteiger partial charge in [-0.2, -0.15) is 0 Å². The van der Waals surface area contributed by atoms with Crippen LogP contribution in [0.4, 0.5) is 11.4 Å². The van der Waals surface area contributed by atoms with Gasteiger partial charge in [0.2, 0.25) is 5.91 Å². The highest BCUT2D eigenvalue weighted by atomic mass is 32.2. The minimum Gasteiger partial charge on any atom is -0.492 e. The summed E-state index contributed by atoms with van der Waals surface area (Å²) in [6, 6.07) is 26.6. The van der Waals surface area contributed by atoms with Crippen LogP contribution in [0.2, 0.25) is 0 Å². The molecule has 0 aliphatic carbocycles. The molecular formula is C32H30N4O4S. The van der Waals surface area contributed by atoms with E-state index in [-0.39, 0.29) is 16.9 Å². The Bertz CT molecular complexity index is 1510. The van der Waals surface area contributed by atoms with E-state index >= 15 is 0 Å². The molecule has 41 heavy (non-hydrogen) atoms. The Balaban J connectivity index is 1.41. The lowest BCUT2D eigenvalue weighted by Gasteiger charge is -2.15. The van der Waals surface area contributed by atoms with E-state index in [0.717, 1.165) is 4.90 Å². The van der Waals surface area contributed by atoms with Gasteiger partial charge in [-0.1, -0.05) is 36.4 Å². The van der Waals surface area contributed by atoms with Crippen molar-refractivity contribution in [1.82, 2.24) is 10.3 Å². The fourth-order valence-electron chi connectivity index (χ4n) is 3.73. The maximum atomic E-state index is 13.2. The molecule has 1 heterocycles. The van der Waals surface area contributed by atoms with Gasteiger partial charge in [0.05, 0.1) is 17.5 Å². The van der Waals surface area contributed by atoms with Crippen LogP contribution in [-0.2, 0) is 9.59 Å². The third-order valence-corrected chi connectivity index (χ3v) is 6.88. The fraction of sp³-hybridized carbons (Fsp3) is 0.125. The van der Waals surface area contributed by atoms with Crippen molar-refractivity contribution in [3.05, 3.63) is 120 Å². The number of rotatable bonds is 11. The van der Waals surface area contributed by atoms with E-state index in [1.807, 2.05) is 50.2 Å².